The van der Waals surface area contributed by atoms with Crippen LogP contribution < -0.4 is 15.1 Å². The Kier molecular flexibility index (Phi) is 8.61. The van der Waals surface area contributed by atoms with Crippen molar-refractivity contribution in [2.75, 3.05) is 62.2 Å². The van der Waals surface area contributed by atoms with Crippen LogP contribution in [0.1, 0.15) is 66.0 Å². The highest BCUT2D eigenvalue weighted by Crippen LogP contribution is 2.51. The Hall–Kier alpha value is -5.70. The molecule has 8 nitrogen and oxygen atoms in total. The third-order valence-electron chi connectivity index (χ3n) is 12.9. The molecule has 10 rings (SSSR count). The minimum atomic E-state index is 0.0147. The Balaban J connectivity index is 1.27. The minimum Gasteiger partial charge on any atom is -0.354 e. The molecule has 0 radical (unpaired) electrons. The molecule has 0 saturated carbocycles. The van der Waals surface area contributed by atoms with Gasteiger partial charge in [-0.25, -0.2) is 9.97 Å². The largest absolute Gasteiger partial charge is 0.354 e. The number of piperazine rings is 2. The molecule has 2 saturated heterocycles. The van der Waals surface area contributed by atoms with Gasteiger partial charge in [-0.2, -0.15) is 0 Å². The summed E-state index contributed by atoms with van der Waals surface area (Å²) in [6.07, 6.45) is 5.19. The highest BCUT2D eigenvalue weighted by atomic mass is 16.1. The second kappa shape index (κ2) is 13.7. The number of anilines is 2. The smallest absolute Gasteiger partial charge is 0.163 e. The molecule has 0 amide bonds. The Morgan fingerprint density at radius 1 is 0.649 bits per heavy atom. The molecule has 3 aliphatic rings. The summed E-state index contributed by atoms with van der Waals surface area (Å²) in [6.45, 7) is 20.3. The molecule has 8 heteroatoms. The zero-order chi connectivity index (χ0) is 39.1. The molecule has 286 valence electrons. The van der Waals surface area contributed by atoms with E-state index in [2.05, 4.69) is 95.0 Å². The van der Waals surface area contributed by atoms with Gasteiger partial charge < -0.3 is 15.1 Å². The summed E-state index contributed by atoms with van der Waals surface area (Å²) in [4.78, 5) is 44.8. The van der Waals surface area contributed by atoms with Crippen LogP contribution in [0.5, 0.6) is 0 Å². The van der Waals surface area contributed by atoms with Gasteiger partial charge >= 0.3 is 0 Å². The van der Waals surface area contributed by atoms with Crippen LogP contribution in [-0.2, 0) is 6.42 Å². The summed E-state index contributed by atoms with van der Waals surface area (Å²) in [5, 5.41) is 11.8. The lowest BCUT2D eigenvalue weighted by atomic mass is 9.77. The highest BCUT2D eigenvalue weighted by molar-refractivity contribution is 6.41. The van der Waals surface area contributed by atoms with E-state index in [0.717, 1.165) is 146 Å². The number of ketones is 2. The van der Waals surface area contributed by atoms with Gasteiger partial charge in [0.1, 0.15) is 11.6 Å². The highest BCUT2D eigenvalue weighted by Gasteiger charge is 2.29. The molecule has 0 bridgehead atoms. The second-order valence-electron chi connectivity index (χ2n) is 16.5. The first-order valence-electron chi connectivity index (χ1n) is 20.5. The van der Waals surface area contributed by atoms with E-state index in [1.807, 2.05) is 25.4 Å². The van der Waals surface area contributed by atoms with E-state index in [-0.39, 0.29) is 11.6 Å². The number of carbonyl (C=O) groups is 2. The van der Waals surface area contributed by atoms with Crippen molar-refractivity contribution in [3.8, 4) is 22.3 Å². The Morgan fingerprint density at radius 2 is 1.25 bits per heavy atom. The van der Waals surface area contributed by atoms with Gasteiger partial charge in [-0.15, -0.1) is 0 Å². The number of rotatable bonds is 7. The fourth-order valence-corrected chi connectivity index (χ4v) is 9.90. The number of hydrogen-bond donors (Lipinski definition) is 1. The maximum Gasteiger partial charge on any atom is 0.163 e. The molecule has 2 aromatic heterocycles. The van der Waals surface area contributed by atoms with Crippen LogP contribution in [0.25, 0.3) is 70.9 Å². The molecule has 4 heterocycles. The Morgan fingerprint density at radius 3 is 1.82 bits per heavy atom. The average Bonchev–Trinajstić information content (AvgIpc) is 3.24. The van der Waals surface area contributed by atoms with E-state index in [1.165, 1.54) is 5.56 Å². The molecule has 5 aromatic carbocycles. The number of pyridine rings is 2. The van der Waals surface area contributed by atoms with Crippen molar-refractivity contribution < 1.29 is 9.59 Å². The average molecular weight is 753 g/mol. The molecule has 1 aliphatic carbocycles. The van der Waals surface area contributed by atoms with Crippen molar-refractivity contribution in [3.63, 3.8) is 0 Å². The standard InChI is InChI=1S/C49H48N6O2/c1-28(2)37-24-38(32-9-15-43(52-26-32)55-22-20-53(21-23-55)29(3)4)47-35-10-6-31-7-13-41(57)40-25-39(33-8-14-42(51-27-33)54-18-16-50-17-19-54)46(48(35)44(31)40)36-12-11-34(30(5)56)45(37)49(36)47/h6,8-12,14-15,24-27,29,50H,1,7,13,16-23H2,2-5H3. The lowest BCUT2D eigenvalue weighted by Crippen LogP contribution is -2.49. The first kappa shape index (κ1) is 35.7. The van der Waals surface area contributed by atoms with Crippen LogP contribution in [0.3, 0.4) is 0 Å². The summed E-state index contributed by atoms with van der Waals surface area (Å²) in [6, 6.07) is 22.1. The number of aryl methyl sites for hydroxylation is 1. The lowest BCUT2D eigenvalue weighted by Gasteiger charge is -2.37. The van der Waals surface area contributed by atoms with Crippen molar-refractivity contribution in [2.45, 2.75) is 46.6 Å². The van der Waals surface area contributed by atoms with Gasteiger partial charge in [-0.05, 0) is 130 Å². The number of allylic oxidation sites excluding steroid dienone is 1. The quantitative estimate of drug-likeness (QED) is 0.0982. The number of nitrogens with one attached hydrogen (secondary N) is 1. The number of aromatic nitrogens is 2. The summed E-state index contributed by atoms with van der Waals surface area (Å²) >= 11 is 0. The monoisotopic (exact) mass is 752 g/mol. The summed E-state index contributed by atoms with van der Waals surface area (Å²) < 4.78 is 0. The van der Waals surface area contributed by atoms with Crippen molar-refractivity contribution >= 4 is 71.9 Å². The number of fused-ring (bicyclic) bond motifs is 2. The van der Waals surface area contributed by atoms with Gasteiger partial charge in [-0.1, -0.05) is 36.4 Å². The van der Waals surface area contributed by atoms with Gasteiger partial charge in [0.25, 0.3) is 0 Å². The van der Waals surface area contributed by atoms with Crippen LogP contribution in [0.15, 0.2) is 79.6 Å². The fraction of sp³-hybridized carbons (Fsp3) is 0.306. The summed E-state index contributed by atoms with van der Waals surface area (Å²) in [5.41, 5.74) is 8.51. The first-order valence-corrected chi connectivity index (χ1v) is 20.5. The maximum atomic E-state index is 13.9. The molecule has 2 aliphatic heterocycles. The summed E-state index contributed by atoms with van der Waals surface area (Å²) in [7, 11) is 0. The molecule has 0 atom stereocenters. The Labute approximate surface area is 333 Å². The van der Waals surface area contributed by atoms with E-state index < -0.39 is 0 Å². The normalized spacial score (nSPS) is 16.5. The molecule has 0 unspecified atom stereocenters. The van der Waals surface area contributed by atoms with E-state index in [9.17, 15) is 9.59 Å². The first-order chi connectivity index (χ1) is 27.7. The topological polar surface area (TPSA) is 81.7 Å². The molecule has 0 spiro atoms. The van der Waals surface area contributed by atoms with E-state index in [1.54, 1.807) is 6.92 Å². The second-order valence-corrected chi connectivity index (χ2v) is 16.5. The third kappa shape index (κ3) is 5.71. The Bertz CT molecular complexity index is 2770. The molecular formula is C49H48N6O2. The van der Waals surface area contributed by atoms with Crippen molar-refractivity contribution in [2.24, 2.45) is 0 Å². The number of hydrogen-bond acceptors (Lipinski definition) is 8. The van der Waals surface area contributed by atoms with Crippen molar-refractivity contribution in [1.29, 1.82) is 0 Å². The van der Waals surface area contributed by atoms with Crippen LogP contribution in [0.2, 0.25) is 0 Å². The maximum absolute atomic E-state index is 13.9. The van der Waals surface area contributed by atoms with Gasteiger partial charge in [-0.3, -0.25) is 14.5 Å². The molecular weight excluding hydrogens is 705 g/mol. The van der Waals surface area contributed by atoms with Crippen LogP contribution in [0, 0.1) is 0 Å². The van der Waals surface area contributed by atoms with E-state index in [4.69, 9.17) is 9.97 Å². The number of benzene rings is 5. The predicted octanol–water partition coefficient (Wildman–Crippen LogP) is 9.17. The van der Waals surface area contributed by atoms with Gasteiger partial charge in [0.05, 0.1) is 0 Å². The SMILES string of the molecule is C=C(C)c1cc(-c2ccc(N3CCN(C(C)C)CC3)nc2)c2c3ccc4c5c(cc(-c6ccc(N7CCNCC7)nc6)c(c6ccc(C(C)=O)c1c62)c53)C(=O)CC4. The van der Waals surface area contributed by atoms with E-state index >= 15 is 0 Å². The molecule has 7 aromatic rings. The fourth-order valence-electron chi connectivity index (χ4n) is 9.90. The van der Waals surface area contributed by atoms with Gasteiger partial charge in [0.2, 0.25) is 0 Å². The predicted molar refractivity (Wildman–Crippen MR) is 235 cm³/mol. The van der Waals surface area contributed by atoms with E-state index in [0.29, 0.717) is 24.4 Å². The number of Topliss-reactive ketones (excluding diaryl/α,β-unsaturated/α-hetero) is 2. The van der Waals surface area contributed by atoms with Crippen LogP contribution in [-0.4, -0.2) is 84.8 Å². The van der Waals surface area contributed by atoms with Gasteiger partial charge in [0, 0.05) is 105 Å². The van der Waals surface area contributed by atoms with Crippen molar-refractivity contribution in [3.05, 3.63) is 102 Å². The molecule has 57 heavy (non-hydrogen) atoms. The van der Waals surface area contributed by atoms with Crippen molar-refractivity contribution in [1.82, 2.24) is 20.2 Å². The number of nitrogens with zero attached hydrogens (tertiary/aromatic N) is 5. The molecule has 2 fully saturated rings. The third-order valence-corrected chi connectivity index (χ3v) is 12.9. The van der Waals surface area contributed by atoms with Gasteiger partial charge in [0.15, 0.2) is 11.6 Å². The lowest BCUT2D eigenvalue weighted by molar-refractivity contribution is 0.0980. The van der Waals surface area contributed by atoms with Crippen LogP contribution in [0.4, 0.5) is 11.6 Å². The van der Waals surface area contributed by atoms with Crippen LogP contribution >= 0.6 is 0 Å². The number of carbonyl (C=O) groups excluding carboxylic acids is 2. The zero-order valence-corrected chi connectivity index (χ0v) is 33.3. The minimum absolute atomic E-state index is 0.0147. The molecule has 1 N–H and O–H groups in total. The summed E-state index contributed by atoms with van der Waals surface area (Å²) in [5.74, 6) is 2.13. The zero-order valence-electron chi connectivity index (χ0n) is 33.3.